The van der Waals surface area contributed by atoms with Gasteiger partial charge in [0.2, 0.25) is 10.0 Å². The quantitative estimate of drug-likeness (QED) is 0.858. The van der Waals surface area contributed by atoms with Crippen LogP contribution in [0.5, 0.6) is 0 Å². The van der Waals surface area contributed by atoms with Gasteiger partial charge in [-0.1, -0.05) is 43.3 Å². The van der Waals surface area contributed by atoms with E-state index in [2.05, 4.69) is 4.72 Å². The minimum atomic E-state index is -3.58. The van der Waals surface area contributed by atoms with Gasteiger partial charge in [0.1, 0.15) is 0 Å². The minimum Gasteiger partial charge on any atom is -0.396 e. The molecule has 0 aliphatic rings. The second kappa shape index (κ2) is 6.35. The van der Waals surface area contributed by atoms with Crippen LogP contribution in [-0.4, -0.2) is 26.2 Å². The predicted octanol–water partition coefficient (Wildman–Crippen LogP) is 2.28. The van der Waals surface area contributed by atoms with Crippen molar-refractivity contribution in [1.82, 2.24) is 4.72 Å². The Morgan fingerprint density at radius 2 is 1.85 bits per heavy atom. The van der Waals surface area contributed by atoms with Gasteiger partial charge in [0.05, 0.1) is 4.90 Å². The smallest absolute Gasteiger partial charge is 0.241 e. The third kappa shape index (κ3) is 3.17. The van der Waals surface area contributed by atoms with Crippen LogP contribution in [0.4, 0.5) is 0 Å². The molecule has 0 saturated carbocycles. The van der Waals surface area contributed by atoms with Gasteiger partial charge in [-0.15, -0.1) is 0 Å². The lowest BCUT2D eigenvalue weighted by molar-refractivity contribution is 0.270. The summed E-state index contributed by atoms with van der Waals surface area (Å²) in [5.74, 6) is 0. The fourth-order valence-electron chi connectivity index (χ4n) is 2.22. The van der Waals surface area contributed by atoms with Crippen molar-refractivity contribution in [3.05, 3.63) is 42.5 Å². The minimum absolute atomic E-state index is 0.0312. The fourth-order valence-corrected chi connectivity index (χ4v) is 3.80. The highest BCUT2D eigenvalue weighted by atomic mass is 32.2. The highest BCUT2D eigenvalue weighted by Gasteiger charge is 2.20. The fraction of sp³-hybridized carbons (Fsp3) is 0.333. The van der Waals surface area contributed by atoms with Gasteiger partial charge >= 0.3 is 0 Å². The van der Waals surface area contributed by atoms with E-state index in [0.717, 1.165) is 5.39 Å². The molecule has 0 spiro atoms. The van der Waals surface area contributed by atoms with Crippen LogP contribution in [0.3, 0.4) is 0 Å². The summed E-state index contributed by atoms with van der Waals surface area (Å²) >= 11 is 0. The summed E-state index contributed by atoms with van der Waals surface area (Å²) in [6.45, 7) is 1.86. The molecule has 0 bridgehead atoms. The van der Waals surface area contributed by atoms with E-state index in [4.69, 9.17) is 5.11 Å². The second-order valence-electron chi connectivity index (χ2n) is 4.72. The Balaban J connectivity index is 2.41. The molecule has 1 unspecified atom stereocenters. The highest BCUT2D eigenvalue weighted by Crippen LogP contribution is 2.23. The number of fused-ring (bicyclic) bond motifs is 1. The molecule has 2 aromatic rings. The molecule has 1 atom stereocenters. The zero-order valence-electron chi connectivity index (χ0n) is 11.4. The summed E-state index contributed by atoms with van der Waals surface area (Å²) in [5.41, 5.74) is 0. The summed E-state index contributed by atoms with van der Waals surface area (Å²) in [7, 11) is -3.58. The summed E-state index contributed by atoms with van der Waals surface area (Å²) in [4.78, 5) is 0.284. The topological polar surface area (TPSA) is 66.4 Å². The zero-order valence-corrected chi connectivity index (χ0v) is 12.2. The van der Waals surface area contributed by atoms with E-state index in [1.165, 1.54) is 0 Å². The lowest BCUT2D eigenvalue weighted by atomic mass is 10.1. The molecule has 2 N–H and O–H groups in total. The Kier molecular flexibility index (Phi) is 4.75. The van der Waals surface area contributed by atoms with E-state index < -0.39 is 10.0 Å². The molecule has 4 nitrogen and oxygen atoms in total. The summed E-state index contributed by atoms with van der Waals surface area (Å²) < 4.78 is 27.7. The van der Waals surface area contributed by atoms with Crippen molar-refractivity contribution < 1.29 is 13.5 Å². The van der Waals surface area contributed by atoms with Gasteiger partial charge in [0.15, 0.2) is 0 Å². The van der Waals surface area contributed by atoms with Gasteiger partial charge < -0.3 is 5.11 Å². The summed E-state index contributed by atoms with van der Waals surface area (Å²) in [6.07, 6.45) is 1.06. The molecule has 5 heteroatoms. The van der Waals surface area contributed by atoms with Crippen LogP contribution < -0.4 is 4.72 Å². The standard InChI is InChI=1S/C15H19NO3S/c1-2-13(10-11-17)16-20(18,19)15-9-5-7-12-6-3-4-8-14(12)15/h3-9,13,16-17H,2,10-11H2,1H3. The Morgan fingerprint density at radius 1 is 1.15 bits per heavy atom. The van der Waals surface area contributed by atoms with E-state index in [0.29, 0.717) is 18.2 Å². The van der Waals surface area contributed by atoms with Gasteiger partial charge in [-0.05, 0) is 24.3 Å². The third-order valence-corrected chi connectivity index (χ3v) is 4.91. The predicted molar refractivity (Wildman–Crippen MR) is 80.1 cm³/mol. The molecule has 0 amide bonds. The number of sulfonamides is 1. The number of hydrogen-bond donors (Lipinski definition) is 2. The van der Waals surface area contributed by atoms with Crippen LogP contribution in [0.2, 0.25) is 0 Å². The van der Waals surface area contributed by atoms with E-state index in [1.54, 1.807) is 18.2 Å². The molecule has 0 heterocycles. The average molecular weight is 293 g/mol. The molecular formula is C15H19NO3S. The third-order valence-electron chi connectivity index (χ3n) is 3.33. The van der Waals surface area contributed by atoms with E-state index in [1.807, 2.05) is 31.2 Å². The number of hydrogen-bond acceptors (Lipinski definition) is 3. The van der Waals surface area contributed by atoms with Crippen molar-refractivity contribution in [3.8, 4) is 0 Å². The lowest BCUT2D eigenvalue weighted by Gasteiger charge is -2.16. The van der Waals surface area contributed by atoms with Crippen LogP contribution >= 0.6 is 0 Å². The zero-order chi connectivity index (χ0) is 14.6. The molecule has 108 valence electrons. The van der Waals surface area contributed by atoms with E-state index in [9.17, 15) is 8.42 Å². The van der Waals surface area contributed by atoms with Crippen molar-refractivity contribution in [2.45, 2.75) is 30.7 Å². The normalized spacial score (nSPS) is 13.5. The summed E-state index contributed by atoms with van der Waals surface area (Å²) in [6, 6.07) is 12.4. The molecule has 0 aliphatic heterocycles. The van der Waals surface area contributed by atoms with Crippen LogP contribution in [0, 0.1) is 0 Å². The summed E-state index contributed by atoms with van der Waals surface area (Å²) in [5, 5.41) is 10.6. The van der Waals surface area contributed by atoms with Gasteiger partial charge in [-0.2, -0.15) is 0 Å². The van der Waals surface area contributed by atoms with Gasteiger partial charge in [-0.3, -0.25) is 0 Å². The maximum atomic E-state index is 12.5. The van der Waals surface area contributed by atoms with Gasteiger partial charge in [0.25, 0.3) is 0 Å². The first-order valence-corrected chi connectivity index (χ1v) is 8.17. The first-order valence-electron chi connectivity index (χ1n) is 6.69. The molecule has 0 fully saturated rings. The maximum Gasteiger partial charge on any atom is 0.241 e. The monoisotopic (exact) mass is 293 g/mol. The molecule has 0 saturated heterocycles. The molecular weight excluding hydrogens is 274 g/mol. The maximum absolute atomic E-state index is 12.5. The molecule has 0 radical (unpaired) electrons. The average Bonchev–Trinajstić information content (AvgIpc) is 2.46. The van der Waals surface area contributed by atoms with Crippen LogP contribution in [-0.2, 0) is 10.0 Å². The van der Waals surface area contributed by atoms with Crippen molar-refractivity contribution in [2.75, 3.05) is 6.61 Å². The Labute approximate surface area is 119 Å². The van der Waals surface area contributed by atoms with Gasteiger partial charge in [-0.25, -0.2) is 13.1 Å². The molecule has 20 heavy (non-hydrogen) atoms. The lowest BCUT2D eigenvalue weighted by Crippen LogP contribution is -2.35. The van der Waals surface area contributed by atoms with E-state index >= 15 is 0 Å². The van der Waals surface area contributed by atoms with E-state index in [-0.39, 0.29) is 17.5 Å². The molecule has 2 aromatic carbocycles. The first kappa shape index (κ1) is 15.0. The Hall–Kier alpha value is -1.43. The van der Waals surface area contributed by atoms with Crippen LogP contribution in [0.25, 0.3) is 10.8 Å². The number of benzene rings is 2. The van der Waals surface area contributed by atoms with Crippen LogP contribution in [0.15, 0.2) is 47.4 Å². The van der Waals surface area contributed by atoms with Crippen molar-refractivity contribution >= 4 is 20.8 Å². The SMILES string of the molecule is CCC(CCO)NS(=O)(=O)c1cccc2ccccc12. The van der Waals surface area contributed by atoms with Crippen molar-refractivity contribution in [3.63, 3.8) is 0 Å². The Morgan fingerprint density at radius 3 is 2.55 bits per heavy atom. The highest BCUT2D eigenvalue weighted by molar-refractivity contribution is 7.89. The molecule has 0 aromatic heterocycles. The first-order chi connectivity index (χ1) is 9.58. The van der Waals surface area contributed by atoms with Crippen molar-refractivity contribution in [2.24, 2.45) is 0 Å². The largest absolute Gasteiger partial charge is 0.396 e. The van der Waals surface area contributed by atoms with Gasteiger partial charge in [0, 0.05) is 18.0 Å². The molecule has 0 aliphatic carbocycles. The Bertz CT molecular complexity index is 677. The number of aliphatic hydroxyl groups is 1. The number of rotatable bonds is 6. The second-order valence-corrected chi connectivity index (χ2v) is 6.40. The number of nitrogens with one attached hydrogen (secondary N) is 1. The molecule has 2 rings (SSSR count). The van der Waals surface area contributed by atoms with Crippen molar-refractivity contribution in [1.29, 1.82) is 0 Å². The number of aliphatic hydroxyl groups excluding tert-OH is 1. The van der Waals surface area contributed by atoms with Crippen LogP contribution in [0.1, 0.15) is 19.8 Å².